The summed E-state index contributed by atoms with van der Waals surface area (Å²) in [5.74, 6) is 0. The zero-order valence-electron chi connectivity index (χ0n) is 20.2. The van der Waals surface area contributed by atoms with Gasteiger partial charge in [-0.1, -0.05) is 125 Å². The van der Waals surface area contributed by atoms with E-state index in [0.717, 1.165) is 11.1 Å². The second-order valence-corrected chi connectivity index (χ2v) is 9.92. The predicted molar refractivity (Wildman–Crippen MR) is 151 cm³/mol. The van der Waals surface area contributed by atoms with Crippen LogP contribution in [0.5, 0.6) is 0 Å². The third kappa shape index (κ3) is 3.66. The molecule has 0 saturated carbocycles. The second-order valence-electron chi connectivity index (χ2n) is 9.92. The van der Waals surface area contributed by atoms with Crippen LogP contribution < -0.4 is 0 Å². The maximum absolute atomic E-state index is 4.08. The zero-order chi connectivity index (χ0) is 23.9. The molecule has 0 atom stereocenters. The van der Waals surface area contributed by atoms with Gasteiger partial charge in [0.2, 0.25) is 0 Å². The molecule has 0 aromatic heterocycles. The topological polar surface area (TPSA) is 0 Å². The van der Waals surface area contributed by atoms with Crippen LogP contribution in [0.15, 0.2) is 104 Å². The fourth-order valence-electron chi connectivity index (χ4n) is 4.97. The molecule has 0 bridgehead atoms. The van der Waals surface area contributed by atoms with Crippen LogP contribution in [0.25, 0.3) is 56.0 Å². The highest BCUT2D eigenvalue weighted by molar-refractivity contribution is 6.22. The van der Waals surface area contributed by atoms with E-state index in [1.165, 1.54) is 49.4 Å². The van der Waals surface area contributed by atoms with E-state index in [0.29, 0.717) is 0 Å². The maximum atomic E-state index is 4.08. The Bertz CT molecular complexity index is 1530. The van der Waals surface area contributed by atoms with E-state index >= 15 is 0 Å². The van der Waals surface area contributed by atoms with E-state index in [9.17, 15) is 0 Å². The lowest BCUT2D eigenvalue weighted by molar-refractivity contribution is 0.590. The Morgan fingerprint density at radius 1 is 0.529 bits per heavy atom. The molecular weight excluding hydrogens is 408 g/mol. The highest BCUT2D eigenvalue weighted by Gasteiger charge is 2.19. The lowest BCUT2D eigenvalue weighted by Crippen LogP contribution is -2.10. The molecule has 0 heterocycles. The van der Waals surface area contributed by atoms with Gasteiger partial charge in [-0.25, -0.2) is 0 Å². The molecule has 0 heteroatoms. The molecule has 0 radical (unpaired) electrons. The minimum Gasteiger partial charge on any atom is -0.0984 e. The van der Waals surface area contributed by atoms with Gasteiger partial charge >= 0.3 is 0 Å². The normalized spacial score (nSPS) is 11.6. The number of hydrogen-bond donors (Lipinski definition) is 0. The Hall–Kier alpha value is -3.90. The summed E-state index contributed by atoms with van der Waals surface area (Å²) >= 11 is 0. The first kappa shape index (κ1) is 21.9. The molecule has 0 aliphatic rings. The first-order valence-corrected chi connectivity index (χ1v) is 11.9. The molecule has 5 aromatic rings. The molecule has 0 amide bonds. The highest BCUT2D eigenvalue weighted by Crippen LogP contribution is 2.45. The van der Waals surface area contributed by atoms with Crippen LogP contribution in [0.3, 0.4) is 0 Å². The minimum atomic E-state index is 0.120. The predicted octanol–water partition coefficient (Wildman–Crippen LogP) is 9.91. The fraction of sp³-hybridized carbons (Fsp3) is 0.118. The van der Waals surface area contributed by atoms with Crippen LogP contribution in [-0.2, 0) is 5.41 Å². The van der Waals surface area contributed by atoms with Crippen LogP contribution in [-0.4, -0.2) is 0 Å². The highest BCUT2D eigenvalue weighted by atomic mass is 14.2. The molecule has 0 aliphatic heterocycles. The van der Waals surface area contributed by atoms with Crippen LogP contribution >= 0.6 is 0 Å². The van der Waals surface area contributed by atoms with Gasteiger partial charge in [0.1, 0.15) is 0 Å². The Morgan fingerprint density at radius 2 is 0.971 bits per heavy atom. The fourth-order valence-corrected chi connectivity index (χ4v) is 4.97. The average molecular weight is 439 g/mol. The van der Waals surface area contributed by atoms with Crippen LogP contribution in [0.1, 0.15) is 37.5 Å². The summed E-state index contributed by atoms with van der Waals surface area (Å²) in [4.78, 5) is 0. The molecule has 34 heavy (non-hydrogen) atoms. The summed E-state index contributed by atoms with van der Waals surface area (Å²) in [6.45, 7) is 14.9. The van der Waals surface area contributed by atoms with Crippen molar-refractivity contribution < 1.29 is 0 Å². The molecule has 0 unspecified atom stereocenters. The van der Waals surface area contributed by atoms with Gasteiger partial charge in [-0.2, -0.15) is 0 Å². The molecule has 0 N–H and O–H groups in total. The number of benzene rings is 5. The van der Waals surface area contributed by atoms with Gasteiger partial charge in [-0.05, 0) is 78.0 Å². The minimum absolute atomic E-state index is 0.120. The van der Waals surface area contributed by atoms with Gasteiger partial charge in [0, 0.05) is 0 Å². The van der Waals surface area contributed by atoms with Crippen molar-refractivity contribution in [3.8, 4) is 22.3 Å². The molecule has 5 rings (SSSR count). The van der Waals surface area contributed by atoms with E-state index in [4.69, 9.17) is 0 Å². The van der Waals surface area contributed by atoms with Gasteiger partial charge in [0.15, 0.2) is 0 Å². The monoisotopic (exact) mass is 438 g/mol. The first-order valence-electron chi connectivity index (χ1n) is 11.9. The molecule has 166 valence electrons. The zero-order valence-corrected chi connectivity index (χ0v) is 20.2. The molecule has 0 nitrogen and oxygen atoms in total. The Morgan fingerprint density at radius 3 is 1.41 bits per heavy atom. The van der Waals surface area contributed by atoms with Crippen molar-refractivity contribution in [1.82, 2.24) is 0 Å². The van der Waals surface area contributed by atoms with Crippen molar-refractivity contribution in [2.45, 2.75) is 26.2 Å². The van der Waals surface area contributed by atoms with Gasteiger partial charge in [-0.3, -0.25) is 0 Å². The summed E-state index contributed by atoms with van der Waals surface area (Å²) in [5, 5.41) is 5.00. The van der Waals surface area contributed by atoms with E-state index < -0.39 is 0 Å². The van der Waals surface area contributed by atoms with Gasteiger partial charge in [0.05, 0.1) is 0 Å². The molecule has 0 saturated heterocycles. The van der Waals surface area contributed by atoms with Crippen LogP contribution in [0.2, 0.25) is 0 Å². The van der Waals surface area contributed by atoms with Gasteiger partial charge < -0.3 is 0 Å². The summed E-state index contributed by atoms with van der Waals surface area (Å²) in [6, 6.07) is 33.1. The summed E-state index contributed by atoms with van der Waals surface area (Å²) in [5.41, 5.74) is 8.65. The van der Waals surface area contributed by atoms with Gasteiger partial charge in [-0.15, -0.1) is 0 Å². The summed E-state index contributed by atoms with van der Waals surface area (Å²) < 4.78 is 0. The SMILES string of the molecule is C=Cc1cc2c(-c3ccccc3)c3ccccc3c(-c3ccc(C(C)(C)C)cc3)c2cc1C=C. The van der Waals surface area contributed by atoms with Crippen molar-refractivity contribution in [1.29, 1.82) is 0 Å². The van der Waals surface area contributed by atoms with Crippen molar-refractivity contribution in [2.75, 3.05) is 0 Å². The lowest BCUT2D eigenvalue weighted by Gasteiger charge is -2.21. The van der Waals surface area contributed by atoms with Crippen molar-refractivity contribution in [3.63, 3.8) is 0 Å². The third-order valence-electron chi connectivity index (χ3n) is 6.77. The molecule has 0 fully saturated rings. The van der Waals surface area contributed by atoms with Crippen molar-refractivity contribution >= 4 is 33.7 Å². The quantitative estimate of drug-likeness (QED) is 0.245. The Kier molecular flexibility index (Phi) is 5.46. The standard InChI is InChI=1S/C34H30/c1-6-23-21-30-31(22-24(23)7-2)33(26-17-19-27(20-18-26)34(3,4)5)29-16-12-11-15-28(29)32(30)25-13-9-8-10-14-25/h6-22H,1-2H2,3-5H3. The largest absolute Gasteiger partial charge is 0.0984 e. The van der Waals surface area contributed by atoms with E-state index in [-0.39, 0.29) is 5.41 Å². The van der Waals surface area contributed by atoms with Gasteiger partial charge in [0.25, 0.3) is 0 Å². The average Bonchev–Trinajstić information content (AvgIpc) is 2.86. The smallest absolute Gasteiger partial charge is 0.00261 e. The molecule has 0 aliphatic carbocycles. The third-order valence-corrected chi connectivity index (χ3v) is 6.77. The Balaban J connectivity index is 1.96. The summed E-state index contributed by atoms with van der Waals surface area (Å²) in [6.07, 6.45) is 3.86. The Labute approximate surface area is 202 Å². The lowest BCUT2D eigenvalue weighted by atomic mass is 9.82. The van der Waals surface area contributed by atoms with E-state index in [1.54, 1.807) is 0 Å². The van der Waals surface area contributed by atoms with E-state index in [1.807, 2.05) is 12.2 Å². The van der Waals surface area contributed by atoms with Crippen molar-refractivity contribution in [3.05, 3.63) is 121 Å². The van der Waals surface area contributed by atoms with Crippen molar-refractivity contribution in [2.24, 2.45) is 0 Å². The van der Waals surface area contributed by atoms with Crippen LogP contribution in [0.4, 0.5) is 0 Å². The molecular formula is C34H30. The van der Waals surface area contributed by atoms with E-state index in [2.05, 4.69) is 125 Å². The first-order chi connectivity index (χ1) is 16.4. The number of hydrogen-bond acceptors (Lipinski definition) is 0. The maximum Gasteiger partial charge on any atom is -0.00261 e. The molecule has 0 spiro atoms. The number of fused-ring (bicyclic) bond motifs is 2. The molecule has 5 aromatic carbocycles. The summed E-state index contributed by atoms with van der Waals surface area (Å²) in [7, 11) is 0. The number of rotatable bonds is 4. The van der Waals surface area contributed by atoms with Crippen LogP contribution in [0, 0.1) is 0 Å². The second kappa shape index (κ2) is 8.47.